The van der Waals surface area contributed by atoms with Gasteiger partial charge in [-0.1, -0.05) is 18.2 Å². The lowest BCUT2D eigenvalue weighted by Crippen LogP contribution is -2.52. The molecule has 1 amide bonds. The van der Waals surface area contributed by atoms with E-state index in [1.165, 1.54) is 0 Å². The number of carbonyl (C=O) groups excluding carboxylic acids is 1. The van der Waals surface area contributed by atoms with Crippen LogP contribution >= 0.6 is 0 Å². The fourth-order valence-corrected chi connectivity index (χ4v) is 4.53. The number of benzene rings is 1. The van der Waals surface area contributed by atoms with Crippen LogP contribution in [0.4, 0.5) is 0 Å². The Bertz CT molecular complexity index is 832. The molecule has 1 aromatic rings. The first-order valence-electron chi connectivity index (χ1n) is 9.56. The van der Waals surface area contributed by atoms with Crippen LogP contribution in [0.2, 0.25) is 0 Å². The number of aliphatic carboxylic acids is 1. The van der Waals surface area contributed by atoms with Gasteiger partial charge in [0.05, 0.1) is 18.1 Å². The maximum absolute atomic E-state index is 13.0. The van der Waals surface area contributed by atoms with Gasteiger partial charge in [0.1, 0.15) is 5.92 Å². The standard InChI is InChI=1S/C20H22N2O6/c23-19(17-14-3-4-15(28-14)18(17)20(24)25)22-7-5-21(6-8-22)10-12-1-2-13-16(9-12)27-11-26-13/h1-4,9,14-15,17-18H,5-8,10-11H2,(H,24,25). The molecular formula is C20H22N2O6. The zero-order valence-corrected chi connectivity index (χ0v) is 15.3. The summed E-state index contributed by atoms with van der Waals surface area (Å²) in [6, 6.07) is 5.95. The largest absolute Gasteiger partial charge is 0.481 e. The first-order chi connectivity index (χ1) is 13.6. The monoisotopic (exact) mass is 386 g/mol. The van der Waals surface area contributed by atoms with Crippen molar-refractivity contribution in [3.63, 3.8) is 0 Å². The summed E-state index contributed by atoms with van der Waals surface area (Å²) >= 11 is 0. The minimum absolute atomic E-state index is 0.105. The second kappa shape index (κ2) is 6.79. The lowest BCUT2D eigenvalue weighted by atomic mass is 9.82. The van der Waals surface area contributed by atoms with E-state index in [1.807, 2.05) is 24.3 Å². The van der Waals surface area contributed by atoms with Gasteiger partial charge in [-0.3, -0.25) is 14.5 Å². The fourth-order valence-electron chi connectivity index (χ4n) is 4.53. The molecule has 2 saturated heterocycles. The Morgan fingerprint density at radius 1 is 1.00 bits per heavy atom. The third-order valence-corrected chi connectivity index (χ3v) is 6.00. The molecule has 8 nitrogen and oxygen atoms in total. The van der Waals surface area contributed by atoms with Crippen LogP contribution < -0.4 is 9.47 Å². The van der Waals surface area contributed by atoms with Crippen molar-refractivity contribution in [2.24, 2.45) is 11.8 Å². The van der Waals surface area contributed by atoms with Gasteiger partial charge in [-0.2, -0.15) is 0 Å². The Morgan fingerprint density at radius 2 is 1.71 bits per heavy atom. The summed E-state index contributed by atoms with van der Waals surface area (Å²) in [6.07, 6.45) is 2.69. The lowest BCUT2D eigenvalue weighted by Gasteiger charge is -2.37. The normalized spacial score (nSPS) is 30.8. The van der Waals surface area contributed by atoms with E-state index in [9.17, 15) is 14.7 Å². The van der Waals surface area contributed by atoms with Crippen LogP contribution in [0.1, 0.15) is 5.56 Å². The number of nitrogens with zero attached hydrogens (tertiary/aromatic N) is 2. The number of rotatable bonds is 4. The van der Waals surface area contributed by atoms with Crippen molar-refractivity contribution in [1.29, 1.82) is 0 Å². The Morgan fingerprint density at radius 3 is 2.46 bits per heavy atom. The van der Waals surface area contributed by atoms with Gasteiger partial charge in [0.2, 0.25) is 12.7 Å². The van der Waals surface area contributed by atoms with E-state index in [0.717, 1.165) is 36.7 Å². The van der Waals surface area contributed by atoms with Crippen LogP contribution in [0, 0.1) is 11.8 Å². The van der Waals surface area contributed by atoms with Crippen molar-refractivity contribution in [3.05, 3.63) is 35.9 Å². The van der Waals surface area contributed by atoms with Gasteiger partial charge in [0.25, 0.3) is 0 Å². The summed E-state index contributed by atoms with van der Waals surface area (Å²) < 4.78 is 16.4. The molecule has 0 saturated carbocycles. The van der Waals surface area contributed by atoms with E-state index >= 15 is 0 Å². The van der Waals surface area contributed by atoms with Crippen LogP contribution in [-0.2, 0) is 20.9 Å². The number of ether oxygens (including phenoxy) is 3. The average Bonchev–Trinajstić information content (AvgIpc) is 3.43. The van der Waals surface area contributed by atoms with Gasteiger partial charge in [-0.05, 0) is 17.7 Å². The highest BCUT2D eigenvalue weighted by atomic mass is 16.7. The highest BCUT2D eigenvalue weighted by Gasteiger charge is 2.54. The number of fused-ring (bicyclic) bond motifs is 3. The van der Waals surface area contributed by atoms with Crippen molar-refractivity contribution in [2.45, 2.75) is 18.8 Å². The number of hydrogen-bond donors (Lipinski definition) is 1. The van der Waals surface area contributed by atoms with E-state index in [2.05, 4.69) is 4.90 Å². The number of carboxylic acids is 1. The second-order valence-electron chi connectivity index (χ2n) is 7.63. The fraction of sp³-hybridized carbons (Fsp3) is 0.500. The quantitative estimate of drug-likeness (QED) is 0.763. The van der Waals surface area contributed by atoms with Crippen molar-refractivity contribution in [1.82, 2.24) is 9.80 Å². The Hall–Kier alpha value is -2.58. The number of piperazine rings is 1. The molecule has 0 radical (unpaired) electrons. The summed E-state index contributed by atoms with van der Waals surface area (Å²) in [5.41, 5.74) is 1.14. The first kappa shape index (κ1) is 17.5. The molecule has 0 aromatic heterocycles. The number of amides is 1. The van der Waals surface area contributed by atoms with Gasteiger partial charge in [-0.15, -0.1) is 0 Å². The Labute approximate surface area is 162 Å². The third-order valence-electron chi connectivity index (χ3n) is 6.00. The van der Waals surface area contributed by atoms with Crippen molar-refractivity contribution in [3.8, 4) is 11.5 Å². The van der Waals surface area contributed by atoms with E-state index in [4.69, 9.17) is 14.2 Å². The highest BCUT2D eigenvalue weighted by Crippen LogP contribution is 2.40. The molecule has 4 aliphatic rings. The minimum atomic E-state index is -0.961. The second-order valence-corrected chi connectivity index (χ2v) is 7.63. The molecule has 4 atom stereocenters. The molecular weight excluding hydrogens is 364 g/mol. The zero-order chi connectivity index (χ0) is 19.3. The van der Waals surface area contributed by atoms with Gasteiger partial charge in [-0.25, -0.2) is 0 Å². The molecule has 2 fully saturated rings. The zero-order valence-electron chi connectivity index (χ0n) is 15.3. The molecule has 5 rings (SSSR count). The van der Waals surface area contributed by atoms with Crippen molar-refractivity contribution in [2.75, 3.05) is 33.0 Å². The summed E-state index contributed by atoms with van der Waals surface area (Å²) in [7, 11) is 0. The number of carbonyl (C=O) groups is 2. The van der Waals surface area contributed by atoms with Crippen LogP contribution in [0.5, 0.6) is 11.5 Å². The summed E-state index contributed by atoms with van der Waals surface area (Å²) in [4.78, 5) is 28.7. The van der Waals surface area contributed by atoms with Crippen LogP contribution in [-0.4, -0.2) is 72.0 Å². The molecule has 4 aliphatic heterocycles. The predicted molar refractivity (Wildman–Crippen MR) is 96.8 cm³/mol. The van der Waals surface area contributed by atoms with Gasteiger partial charge in [0.15, 0.2) is 11.5 Å². The molecule has 0 aliphatic carbocycles. The molecule has 1 N–H and O–H groups in total. The molecule has 8 heteroatoms. The average molecular weight is 386 g/mol. The lowest BCUT2D eigenvalue weighted by molar-refractivity contribution is -0.150. The van der Waals surface area contributed by atoms with Crippen LogP contribution in [0.25, 0.3) is 0 Å². The van der Waals surface area contributed by atoms with E-state index in [-0.39, 0.29) is 12.7 Å². The van der Waals surface area contributed by atoms with Gasteiger partial charge < -0.3 is 24.2 Å². The summed E-state index contributed by atoms with van der Waals surface area (Å²) in [5, 5.41) is 9.51. The maximum atomic E-state index is 13.0. The number of hydrogen-bond acceptors (Lipinski definition) is 6. The highest BCUT2D eigenvalue weighted by molar-refractivity contribution is 5.87. The molecule has 1 aromatic carbocycles. The smallest absolute Gasteiger partial charge is 0.310 e. The first-order valence-corrected chi connectivity index (χ1v) is 9.56. The van der Waals surface area contributed by atoms with Crippen molar-refractivity contribution < 1.29 is 28.9 Å². The van der Waals surface area contributed by atoms with Gasteiger partial charge in [0, 0.05) is 32.7 Å². The van der Waals surface area contributed by atoms with Crippen LogP contribution in [0.3, 0.4) is 0 Å². The maximum Gasteiger partial charge on any atom is 0.310 e. The van der Waals surface area contributed by atoms with E-state index in [1.54, 1.807) is 11.0 Å². The molecule has 0 spiro atoms. The molecule has 148 valence electrons. The number of carboxylic acid groups (broad SMARTS) is 1. The summed E-state index contributed by atoms with van der Waals surface area (Å²) in [5.74, 6) is -0.921. The van der Waals surface area contributed by atoms with E-state index in [0.29, 0.717) is 13.1 Å². The SMILES string of the molecule is O=C(O)C1C2C=CC(O2)C1C(=O)N1CCN(Cc2ccc3c(c2)OCO3)CC1. The molecule has 2 bridgehead atoms. The topological polar surface area (TPSA) is 88.5 Å². The minimum Gasteiger partial charge on any atom is -0.481 e. The van der Waals surface area contributed by atoms with Crippen LogP contribution in [0.15, 0.2) is 30.4 Å². The van der Waals surface area contributed by atoms with Crippen molar-refractivity contribution >= 4 is 11.9 Å². The molecule has 28 heavy (non-hydrogen) atoms. The van der Waals surface area contributed by atoms with E-state index < -0.39 is 30.0 Å². The third kappa shape index (κ3) is 2.93. The molecule has 4 heterocycles. The molecule has 4 unspecified atom stereocenters. The summed E-state index contributed by atoms with van der Waals surface area (Å²) in [6.45, 7) is 3.71. The van der Waals surface area contributed by atoms with Gasteiger partial charge >= 0.3 is 5.97 Å². The predicted octanol–water partition coefficient (Wildman–Crippen LogP) is 0.714. The Kier molecular flexibility index (Phi) is 4.25. The Balaban J connectivity index is 1.20.